The minimum Gasteiger partial charge on any atom is -0.503 e. The summed E-state index contributed by atoms with van der Waals surface area (Å²) in [5.41, 5.74) is 0.940. The fraction of sp³-hybridized carbons (Fsp3) is 0.368. The Morgan fingerprint density at radius 1 is 1.11 bits per heavy atom. The average molecular weight is 392 g/mol. The van der Waals surface area contributed by atoms with Gasteiger partial charge in [-0.15, -0.1) is 0 Å². The van der Waals surface area contributed by atoms with Gasteiger partial charge in [0.25, 0.3) is 5.56 Å². The van der Waals surface area contributed by atoms with Gasteiger partial charge in [-0.1, -0.05) is 29.8 Å². The van der Waals surface area contributed by atoms with Gasteiger partial charge in [0.05, 0.1) is 13.7 Å². The summed E-state index contributed by atoms with van der Waals surface area (Å²) in [6, 6.07) is 9.05. The van der Waals surface area contributed by atoms with Crippen LogP contribution in [0.4, 0.5) is 4.79 Å². The Bertz CT molecular complexity index is 875. The van der Waals surface area contributed by atoms with Gasteiger partial charge in [-0.2, -0.15) is 0 Å². The van der Waals surface area contributed by atoms with E-state index in [4.69, 9.17) is 16.3 Å². The van der Waals surface area contributed by atoms with Crippen LogP contribution in [0.25, 0.3) is 0 Å². The number of hydrogen-bond acceptors (Lipinski definition) is 5. The molecule has 0 aliphatic carbocycles. The first kappa shape index (κ1) is 19.3. The summed E-state index contributed by atoms with van der Waals surface area (Å²) >= 11 is 6.15. The lowest BCUT2D eigenvalue weighted by Gasteiger charge is -2.33. The van der Waals surface area contributed by atoms with Crippen molar-refractivity contribution in [2.24, 2.45) is 0 Å². The van der Waals surface area contributed by atoms with E-state index in [2.05, 4.69) is 4.90 Å². The van der Waals surface area contributed by atoms with E-state index in [1.807, 2.05) is 18.2 Å². The number of hydrogen-bond donors (Lipinski definition) is 1. The Labute approximate surface area is 162 Å². The van der Waals surface area contributed by atoms with Gasteiger partial charge in [0, 0.05) is 49.5 Å². The van der Waals surface area contributed by atoms with E-state index in [0.29, 0.717) is 49.9 Å². The monoisotopic (exact) mass is 391 g/mol. The Kier molecular flexibility index (Phi) is 6.03. The lowest BCUT2D eigenvalue weighted by molar-refractivity contribution is 0.0885. The van der Waals surface area contributed by atoms with E-state index < -0.39 is 5.56 Å². The molecule has 144 valence electrons. The highest BCUT2D eigenvalue weighted by atomic mass is 35.5. The number of nitrogens with zero attached hydrogens (tertiary/aromatic N) is 3. The van der Waals surface area contributed by atoms with Gasteiger partial charge in [0.2, 0.25) is 0 Å². The summed E-state index contributed by atoms with van der Waals surface area (Å²) in [4.78, 5) is 27.8. The second-order valence-electron chi connectivity index (χ2n) is 6.45. The molecule has 1 aliphatic rings. The first-order chi connectivity index (χ1) is 13.0. The number of aromatic hydroxyl groups is 1. The molecule has 3 rings (SSSR count). The molecule has 0 saturated carbocycles. The van der Waals surface area contributed by atoms with E-state index in [1.54, 1.807) is 23.2 Å². The van der Waals surface area contributed by atoms with Gasteiger partial charge in [0.1, 0.15) is 0 Å². The van der Waals surface area contributed by atoms with E-state index >= 15 is 0 Å². The molecule has 0 spiro atoms. The van der Waals surface area contributed by atoms with Crippen LogP contribution in [0, 0.1) is 0 Å². The lowest BCUT2D eigenvalue weighted by atomic mass is 10.2. The van der Waals surface area contributed by atoms with Crippen molar-refractivity contribution in [1.29, 1.82) is 0 Å². The summed E-state index contributed by atoms with van der Waals surface area (Å²) in [5, 5.41) is 10.9. The zero-order valence-electron chi connectivity index (χ0n) is 15.1. The van der Waals surface area contributed by atoms with Crippen LogP contribution in [-0.4, -0.2) is 58.9 Å². The lowest BCUT2D eigenvalue weighted by Crippen LogP contribution is -2.48. The molecule has 1 aromatic heterocycles. The Morgan fingerprint density at radius 2 is 1.81 bits per heavy atom. The molecule has 2 aromatic rings. The van der Waals surface area contributed by atoms with E-state index in [1.165, 1.54) is 11.7 Å². The number of benzene rings is 1. The molecular formula is C19H22ClN3O4. The van der Waals surface area contributed by atoms with Crippen molar-refractivity contribution in [2.45, 2.75) is 13.1 Å². The maximum absolute atomic E-state index is 12.5. The van der Waals surface area contributed by atoms with E-state index in [9.17, 15) is 14.7 Å². The molecule has 0 unspecified atom stereocenters. The predicted molar refractivity (Wildman–Crippen MR) is 102 cm³/mol. The zero-order chi connectivity index (χ0) is 19.4. The number of amides is 1. The summed E-state index contributed by atoms with van der Waals surface area (Å²) in [5.74, 6) is -0.250. The van der Waals surface area contributed by atoms with Crippen LogP contribution in [0.2, 0.25) is 5.02 Å². The molecule has 1 amide bonds. The smallest absolute Gasteiger partial charge is 0.409 e. The minimum atomic E-state index is -0.444. The van der Waals surface area contributed by atoms with Crippen LogP contribution < -0.4 is 5.56 Å². The highest BCUT2D eigenvalue weighted by molar-refractivity contribution is 6.31. The molecule has 0 radical (unpaired) electrons. The van der Waals surface area contributed by atoms with Gasteiger partial charge in [0.15, 0.2) is 5.75 Å². The van der Waals surface area contributed by atoms with Crippen molar-refractivity contribution >= 4 is 17.7 Å². The average Bonchev–Trinajstić information content (AvgIpc) is 2.69. The molecule has 1 fully saturated rings. The van der Waals surface area contributed by atoms with Crippen molar-refractivity contribution in [1.82, 2.24) is 14.4 Å². The fourth-order valence-electron chi connectivity index (χ4n) is 3.12. The SMILES string of the molecule is COC(=O)N1CCN(Cc2ccn(Cc3ccccc3Cl)c(=O)c2O)CC1. The number of aromatic nitrogens is 1. The van der Waals surface area contributed by atoms with Crippen LogP contribution in [0.1, 0.15) is 11.1 Å². The third kappa shape index (κ3) is 4.43. The number of methoxy groups -OCH3 is 1. The third-order valence-corrected chi connectivity index (χ3v) is 5.09. The maximum Gasteiger partial charge on any atom is 0.409 e. The van der Waals surface area contributed by atoms with Crippen molar-refractivity contribution in [3.63, 3.8) is 0 Å². The molecule has 7 nitrogen and oxygen atoms in total. The van der Waals surface area contributed by atoms with Gasteiger partial charge >= 0.3 is 6.09 Å². The molecular weight excluding hydrogens is 370 g/mol. The maximum atomic E-state index is 12.5. The van der Waals surface area contributed by atoms with Crippen LogP contribution in [0.3, 0.4) is 0 Å². The predicted octanol–water partition coefficient (Wildman–Crippen LogP) is 2.14. The molecule has 8 heteroatoms. The normalized spacial score (nSPS) is 15.0. The molecule has 1 aromatic carbocycles. The Morgan fingerprint density at radius 3 is 2.48 bits per heavy atom. The molecule has 1 saturated heterocycles. The van der Waals surface area contributed by atoms with Gasteiger partial charge in [-0.3, -0.25) is 9.69 Å². The number of halogens is 1. The first-order valence-electron chi connectivity index (χ1n) is 8.69. The summed E-state index contributed by atoms with van der Waals surface area (Å²) in [6.07, 6.45) is 1.34. The van der Waals surface area contributed by atoms with Crippen molar-refractivity contribution in [2.75, 3.05) is 33.3 Å². The number of pyridine rings is 1. The van der Waals surface area contributed by atoms with E-state index in [-0.39, 0.29) is 11.8 Å². The standard InChI is InChI=1S/C19H22ClN3O4/c1-27-19(26)22-10-8-21(9-11-22)12-15-6-7-23(18(25)17(15)24)13-14-4-2-3-5-16(14)20/h2-7,24H,8-13H2,1H3. The van der Waals surface area contributed by atoms with E-state index in [0.717, 1.165) is 5.56 Å². The van der Waals surface area contributed by atoms with Crippen LogP contribution in [0.15, 0.2) is 41.3 Å². The summed E-state index contributed by atoms with van der Waals surface area (Å²) in [6.45, 7) is 3.15. The van der Waals surface area contributed by atoms with Gasteiger partial charge in [-0.05, 0) is 17.7 Å². The minimum absolute atomic E-state index is 0.250. The molecule has 1 aliphatic heterocycles. The molecule has 2 heterocycles. The number of ether oxygens (including phenoxy) is 1. The number of rotatable bonds is 4. The Hall–Kier alpha value is -2.51. The molecule has 0 bridgehead atoms. The second-order valence-corrected chi connectivity index (χ2v) is 6.85. The second kappa shape index (κ2) is 8.45. The van der Waals surface area contributed by atoms with Crippen LogP contribution >= 0.6 is 11.6 Å². The fourth-order valence-corrected chi connectivity index (χ4v) is 3.32. The third-order valence-electron chi connectivity index (χ3n) is 4.72. The van der Waals surface area contributed by atoms with Crippen molar-refractivity contribution in [3.05, 3.63) is 63.0 Å². The number of carbonyl (C=O) groups excluding carboxylic acids is 1. The highest BCUT2D eigenvalue weighted by Gasteiger charge is 2.22. The van der Waals surface area contributed by atoms with Crippen molar-refractivity contribution in [3.8, 4) is 5.75 Å². The van der Waals surface area contributed by atoms with Crippen LogP contribution in [-0.2, 0) is 17.8 Å². The largest absolute Gasteiger partial charge is 0.503 e. The molecule has 1 N–H and O–H groups in total. The summed E-state index contributed by atoms with van der Waals surface area (Å²) < 4.78 is 6.16. The highest BCUT2D eigenvalue weighted by Crippen LogP contribution is 2.18. The first-order valence-corrected chi connectivity index (χ1v) is 9.07. The van der Waals surface area contributed by atoms with Gasteiger partial charge < -0.3 is 19.3 Å². The van der Waals surface area contributed by atoms with Crippen LogP contribution in [0.5, 0.6) is 5.75 Å². The van der Waals surface area contributed by atoms with Gasteiger partial charge in [-0.25, -0.2) is 4.79 Å². The van der Waals surface area contributed by atoms with Crippen molar-refractivity contribution < 1.29 is 14.6 Å². The molecule has 0 atom stereocenters. The molecule has 27 heavy (non-hydrogen) atoms. The zero-order valence-corrected chi connectivity index (χ0v) is 15.9. The number of piperazine rings is 1. The summed E-state index contributed by atoms with van der Waals surface area (Å²) in [7, 11) is 1.37. The number of carbonyl (C=O) groups is 1. The Balaban J connectivity index is 1.68. The quantitative estimate of drug-likeness (QED) is 0.864. The topological polar surface area (TPSA) is 75.0 Å².